The number of hydrogen-bond donors (Lipinski definition) is 1. The van der Waals surface area contributed by atoms with Gasteiger partial charge < -0.3 is 15.0 Å². The SMILES string of the molecule is Cc1scc(C(=O)N[C@@H]2CC(C)(C)Cc3nc(N4C[C@@H](C)O[C@H](C)C4)ncc32)c1C. The lowest BCUT2D eigenvalue weighted by Gasteiger charge is -2.38. The van der Waals surface area contributed by atoms with Gasteiger partial charge in [0.25, 0.3) is 5.91 Å². The van der Waals surface area contributed by atoms with Gasteiger partial charge in [0.15, 0.2) is 0 Å². The fourth-order valence-electron chi connectivity index (χ4n) is 4.63. The fourth-order valence-corrected chi connectivity index (χ4v) is 5.50. The van der Waals surface area contributed by atoms with E-state index in [0.29, 0.717) is 0 Å². The molecule has 1 aliphatic carbocycles. The number of fused-ring (bicyclic) bond motifs is 1. The molecule has 0 radical (unpaired) electrons. The minimum Gasteiger partial charge on any atom is -0.372 e. The highest BCUT2D eigenvalue weighted by molar-refractivity contribution is 7.10. The van der Waals surface area contributed by atoms with E-state index in [1.165, 1.54) is 4.88 Å². The Labute approximate surface area is 183 Å². The number of amides is 1. The molecule has 6 nitrogen and oxygen atoms in total. The molecule has 0 spiro atoms. The Morgan fingerprint density at radius 3 is 2.60 bits per heavy atom. The molecular weight excluding hydrogens is 396 g/mol. The number of aryl methyl sites for hydroxylation is 1. The largest absolute Gasteiger partial charge is 0.372 e. The van der Waals surface area contributed by atoms with Gasteiger partial charge in [0.05, 0.1) is 29.5 Å². The summed E-state index contributed by atoms with van der Waals surface area (Å²) in [6, 6.07) is -0.0764. The van der Waals surface area contributed by atoms with Crippen LogP contribution in [0.1, 0.15) is 72.2 Å². The molecule has 4 rings (SSSR count). The summed E-state index contributed by atoms with van der Waals surface area (Å²) >= 11 is 1.62. The zero-order chi connectivity index (χ0) is 21.6. The zero-order valence-electron chi connectivity index (χ0n) is 18.8. The van der Waals surface area contributed by atoms with Gasteiger partial charge in [0, 0.05) is 35.1 Å². The van der Waals surface area contributed by atoms with Crippen LogP contribution in [0.25, 0.3) is 0 Å². The van der Waals surface area contributed by atoms with E-state index in [-0.39, 0.29) is 29.6 Å². The number of carbonyl (C=O) groups is 1. The van der Waals surface area contributed by atoms with Gasteiger partial charge in [-0.2, -0.15) is 0 Å². The Balaban J connectivity index is 1.61. The lowest BCUT2D eigenvalue weighted by Crippen LogP contribution is -2.46. The lowest BCUT2D eigenvalue weighted by molar-refractivity contribution is -0.00575. The van der Waals surface area contributed by atoms with Gasteiger partial charge in [-0.25, -0.2) is 9.97 Å². The first kappa shape index (κ1) is 21.2. The van der Waals surface area contributed by atoms with Gasteiger partial charge in [-0.15, -0.1) is 11.3 Å². The highest BCUT2D eigenvalue weighted by Crippen LogP contribution is 2.40. The Hall–Kier alpha value is -1.99. The molecule has 0 unspecified atom stereocenters. The number of hydrogen-bond acceptors (Lipinski definition) is 6. The molecule has 2 aliphatic rings. The second-order valence-electron chi connectivity index (χ2n) is 9.64. The second kappa shape index (κ2) is 7.93. The molecule has 3 heterocycles. The third-order valence-corrected chi connectivity index (χ3v) is 7.22. The van der Waals surface area contributed by atoms with E-state index in [4.69, 9.17) is 14.7 Å². The standard InChI is InChI=1S/C23H32N4O2S/c1-13-10-27(11-14(2)29-13)22-24-9-17-19(7-23(5,6)8-20(17)26-22)25-21(28)18-12-30-16(4)15(18)3/h9,12-14,19H,7-8,10-11H2,1-6H3,(H,25,28)/t13-,14-,19-/m1/s1. The van der Waals surface area contributed by atoms with Gasteiger partial charge in [-0.3, -0.25) is 4.79 Å². The number of ether oxygens (including phenoxy) is 1. The van der Waals surface area contributed by atoms with E-state index in [2.05, 4.69) is 44.8 Å². The van der Waals surface area contributed by atoms with Gasteiger partial charge in [-0.1, -0.05) is 13.8 Å². The molecule has 1 aliphatic heterocycles. The number of thiophene rings is 1. The maximum absolute atomic E-state index is 13.0. The molecule has 1 fully saturated rings. The summed E-state index contributed by atoms with van der Waals surface area (Å²) in [6.45, 7) is 14.3. The van der Waals surface area contributed by atoms with Crippen LogP contribution >= 0.6 is 11.3 Å². The summed E-state index contributed by atoms with van der Waals surface area (Å²) < 4.78 is 5.85. The lowest BCUT2D eigenvalue weighted by atomic mass is 9.74. The normalized spacial score (nSPS) is 25.7. The summed E-state index contributed by atoms with van der Waals surface area (Å²) in [7, 11) is 0. The molecule has 2 aromatic rings. The first-order valence-corrected chi connectivity index (χ1v) is 11.6. The quantitative estimate of drug-likeness (QED) is 0.793. The van der Waals surface area contributed by atoms with Crippen molar-refractivity contribution in [3.8, 4) is 0 Å². The van der Waals surface area contributed by atoms with Crippen molar-refractivity contribution in [2.45, 2.75) is 72.6 Å². The minimum atomic E-state index is -0.0764. The molecule has 1 amide bonds. The minimum absolute atomic E-state index is 0.00888. The highest BCUT2D eigenvalue weighted by atomic mass is 32.1. The topological polar surface area (TPSA) is 67.4 Å². The maximum Gasteiger partial charge on any atom is 0.252 e. The molecule has 30 heavy (non-hydrogen) atoms. The van der Waals surface area contributed by atoms with Crippen molar-refractivity contribution in [3.63, 3.8) is 0 Å². The van der Waals surface area contributed by atoms with E-state index in [0.717, 1.165) is 54.3 Å². The number of rotatable bonds is 3. The third kappa shape index (κ3) is 4.23. The van der Waals surface area contributed by atoms with E-state index in [1.807, 2.05) is 18.5 Å². The van der Waals surface area contributed by atoms with Crippen molar-refractivity contribution in [1.29, 1.82) is 0 Å². The number of nitrogens with zero attached hydrogens (tertiary/aromatic N) is 3. The Kier molecular flexibility index (Phi) is 5.62. The molecule has 0 aromatic carbocycles. The summed E-state index contributed by atoms with van der Waals surface area (Å²) in [5, 5.41) is 5.22. The Bertz CT molecular complexity index is 945. The van der Waals surface area contributed by atoms with Crippen LogP contribution < -0.4 is 10.2 Å². The second-order valence-corrected chi connectivity index (χ2v) is 10.7. The first-order chi connectivity index (χ1) is 14.1. The maximum atomic E-state index is 13.0. The number of morpholine rings is 1. The van der Waals surface area contributed by atoms with Crippen LogP contribution in [0.2, 0.25) is 0 Å². The van der Waals surface area contributed by atoms with Crippen molar-refractivity contribution < 1.29 is 9.53 Å². The van der Waals surface area contributed by atoms with Crippen LogP contribution in [-0.4, -0.2) is 41.2 Å². The number of carbonyl (C=O) groups excluding carboxylic acids is 1. The first-order valence-electron chi connectivity index (χ1n) is 10.7. The summed E-state index contributed by atoms with van der Waals surface area (Å²) in [4.78, 5) is 26.0. The van der Waals surface area contributed by atoms with Crippen molar-refractivity contribution >= 4 is 23.2 Å². The van der Waals surface area contributed by atoms with Crippen LogP contribution in [0.5, 0.6) is 0 Å². The molecule has 7 heteroatoms. The van der Waals surface area contributed by atoms with Crippen LogP contribution in [0.15, 0.2) is 11.6 Å². The van der Waals surface area contributed by atoms with Gasteiger partial charge in [-0.05, 0) is 51.5 Å². The molecule has 1 N–H and O–H groups in total. The monoisotopic (exact) mass is 428 g/mol. The van der Waals surface area contributed by atoms with Crippen molar-refractivity contribution in [2.75, 3.05) is 18.0 Å². The zero-order valence-corrected chi connectivity index (χ0v) is 19.6. The number of nitrogens with one attached hydrogen (secondary N) is 1. The van der Waals surface area contributed by atoms with Crippen molar-refractivity contribution in [1.82, 2.24) is 15.3 Å². The molecule has 3 atom stereocenters. The Morgan fingerprint density at radius 2 is 1.97 bits per heavy atom. The van der Waals surface area contributed by atoms with E-state index < -0.39 is 0 Å². The van der Waals surface area contributed by atoms with Gasteiger partial charge in [0.1, 0.15) is 0 Å². The fraction of sp³-hybridized carbons (Fsp3) is 0.609. The van der Waals surface area contributed by atoms with Crippen LogP contribution in [-0.2, 0) is 11.2 Å². The number of anilines is 1. The Morgan fingerprint density at radius 1 is 1.27 bits per heavy atom. The summed E-state index contributed by atoms with van der Waals surface area (Å²) in [5.74, 6) is 0.758. The predicted octanol–water partition coefficient (Wildman–Crippen LogP) is 4.21. The van der Waals surface area contributed by atoms with Crippen molar-refractivity contribution in [2.24, 2.45) is 5.41 Å². The van der Waals surface area contributed by atoms with Crippen LogP contribution in [0.4, 0.5) is 5.95 Å². The smallest absolute Gasteiger partial charge is 0.252 e. The van der Waals surface area contributed by atoms with E-state index in [1.54, 1.807) is 11.3 Å². The average molecular weight is 429 g/mol. The molecule has 0 bridgehead atoms. The average Bonchev–Trinajstić information content (AvgIpc) is 2.98. The van der Waals surface area contributed by atoms with E-state index >= 15 is 0 Å². The summed E-state index contributed by atoms with van der Waals surface area (Å²) in [5.41, 5.74) is 3.99. The van der Waals surface area contributed by atoms with Crippen LogP contribution in [0, 0.1) is 19.3 Å². The molecule has 2 aromatic heterocycles. The molecule has 1 saturated heterocycles. The molecule has 0 saturated carbocycles. The molecule has 162 valence electrons. The highest BCUT2D eigenvalue weighted by Gasteiger charge is 2.35. The van der Waals surface area contributed by atoms with Gasteiger partial charge >= 0.3 is 0 Å². The van der Waals surface area contributed by atoms with E-state index in [9.17, 15) is 4.79 Å². The molecular formula is C23H32N4O2S. The van der Waals surface area contributed by atoms with Crippen molar-refractivity contribution in [3.05, 3.63) is 38.8 Å². The third-order valence-electron chi connectivity index (χ3n) is 6.20. The number of aromatic nitrogens is 2. The summed E-state index contributed by atoms with van der Waals surface area (Å²) in [6.07, 6.45) is 4.01. The van der Waals surface area contributed by atoms with Crippen LogP contribution in [0.3, 0.4) is 0 Å². The predicted molar refractivity (Wildman–Crippen MR) is 120 cm³/mol. The van der Waals surface area contributed by atoms with Gasteiger partial charge in [0.2, 0.25) is 5.95 Å².